The van der Waals surface area contributed by atoms with E-state index in [0.717, 1.165) is 6.42 Å². The summed E-state index contributed by atoms with van der Waals surface area (Å²) in [6, 6.07) is 6.48. The normalized spacial score (nSPS) is 10.9. The van der Waals surface area contributed by atoms with Crippen molar-refractivity contribution in [3.05, 3.63) is 47.0 Å². The molecule has 1 aromatic rings. The zero-order chi connectivity index (χ0) is 8.97. The Kier molecular flexibility index (Phi) is 3.09. The maximum Gasteiger partial charge on any atom is -0.00948 e. The van der Waals surface area contributed by atoms with Crippen LogP contribution < -0.4 is 0 Å². The fourth-order valence-corrected chi connectivity index (χ4v) is 1.28. The lowest BCUT2D eigenvalue weighted by atomic mass is 10.0. The maximum atomic E-state index is 2.20. The molecule has 1 aromatic carbocycles. The van der Waals surface area contributed by atoms with Gasteiger partial charge in [0.25, 0.3) is 0 Å². The van der Waals surface area contributed by atoms with Crippen molar-refractivity contribution in [2.24, 2.45) is 0 Å². The molecule has 0 nitrogen and oxygen atoms in total. The van der Waals surface area contributed by atoms with E-state index in [4.69, 9.17) is 0 Å². The van der Waals surface area contributed by atoms with E-state index in [0.29, 0.717) is 0 Å². The summed E-state index contributed by atoms with van der Waals surface area (Å²) in [5, 5.41) is 0. The number of aryl methyl sites for hydroxylation is 1. The fraction of sp³-hybridized carbons (Fsp3) is 0.333. The van der Waals surface area contributed by atoms with Crippen molar-refractivity contribution in [3.8, 4) is 0 Å². The molecular formula is C12H16. The van der Waals surface area contributed by atoms with Gasteiger partial charge in [0.2, 0.25) is 0 Å². The van der Waals surface area contributed by atoms with Crippen LogP contribution in [0.1, 0.15) is 23.6 Å². The molecule has 1 rings (SSSR count). The lowest BCUT2D eigenvalue weighted by Crippen LogP contribution is -1.89. The second-order valence-corrected chi connectivity index (χ2v) is 3.13. The van der Waals surface area contributed by atoms with Gasteiger partial charge in [-0.15, -0.1) is 0 Å². The van der Waals surface area contributed by atoms with Crippen LogP contribution in [0.15, 0.2) is 30.4 Å². The molecule has 0 radical (unpaired) electrons. The Morgan fingerprint density at radius 3 is 2.67 bits per heavy atom. The molecule has 0 spiro atoms. The summed E-state index contributed by atoms with van der Waals surface area (Å²) in [5.74, 6) is 0. The van der Waals surface area contributed by atoms with Crippen molar-refractivity contribution in [1.82, 2.24) is 0 Å². The smallest absolute Gasteiger partial charge is 0.00948 e. The first-order valence-corrected chi connectivity index (χ1v) is 4.42. The summed E-state index contributed by atoms with van der Waals surface area (Å²) < 4.78 is 0. The summed E-state index contributed by atoms with van der Waals surface area (Å²) in [4.78, 5) is 0. The summed E-state index contributed by atoms with van der Waals surface area (Å²) in [6.45, 7) is 6.41. The van der Waals surface area contributed by atoms with Gasteiger partial charge in [-0.2, -0.15) is 0 Å². The molecule has 0 N–H and O–H groups in total. The van der Waals surface area contributed by atoms with E-state index in [1.54, 1.807) is 0 Å². The number of hydrogen-bond donors (Lipinski definition) is 0. The topological polar surface area (TPSA) is 0 Å². The van der Waals surface area contributed by atoms with Crippen LogP contribution in [0, 0.1) is 13.8 Å². The molecule has 0 bridgehead atoms. The van der Waals surface area contributed by atoms with Gasteiger partial charge >= 0.3 is 0 Å². The minimum absolute atomic E-state index is 1.06. The van der Waals surface area contributed by atoms with Gasteiger partial charge in [0.15, 0.2) is 0 Å². The minimum atomic E-state index is 1.06. The predicted molar refractivity (Wildman–Crippen MR) is 54.4 cm³/mol. The Hall–Kier alpha value is -1.04. The van der Waals surface area contributed by atoms with Crippen molar-refractivity contribution in [1.29, 1.82) is 0 Å². The van der Waals surface area contributed by atoms with Crippen LogP contribution >= 0.6 is 0 Å². The van der Waals surface area contributed by atoms with Crippen molar-refractivity contribution < 1.29 is 0 Å². The van der Waals surface area contributed by atoms with Gasteiger partial charge in [-0.1, -0.05) is 30.4 Å². The molecule has 0 aliphatic rings. The van der Waals surface area contributed by atoms with Crippen molar-refractivity contribution in [3.63, 3.8) is 0 Å². The standard InChI is InChI=1S/C12H16/c1-4-5-8-12-9-6-7-10(2)11(12)3/h4-7,9H,8H2,1-3H3/b5-4+. The van der Waals surface area contributed by atoms with E-state index in [1.165, 1.54) is 16.7 Å². The summed E-state index contributed by atoms with van der Waals surface area (Å²) >= 11 is 0. The largest absolute Gasteiger partial charge is 0.0913 e. The van der Waals surface area contributed by atoms with Crippen LogP contribution in [0.5, 0.6) is 0 Å². The zero-order valence-corrected chi connectivity index (χ0v) is 8.09. The average molecular weight is 160 g/mol. The molecule has 0 aliphatic carbocycles. The minimum Gasteiger partial charge on any atom is -0.0913 e. The highest BCUT2D eigenvalue weighted by atomic mass is 14.0. The first-order chi connectivity index (χ1) is 5.75. The zero-order valence-electron chi connectivity index (χ0n) is 8.09. The van der Waals surface area contributed by atoms with E-state index in [2.05, 4.69) is 51.1 Å². The third kappa shape index (κ3) is 1.97. The molecule has 0 fully saturated rings. The molecule has 0 aliphatic heterocycles. The first kappa shape index (κ1) is 9.05. The van der Waals surface area contributed by atoms with E-state index < -0.39 is 0 Å². The molecule has 0 saturated carbocycles. The number of hydrogen-bond acceptors (Lipinski definition) is 0. The van der Waals surface area contributed by atoms with Crippen LogP contribution in [0.25, 0.3) is 0 Å². The Balaban J connectivity index is 2.92. The van der Waals surface area contributed by atoms with Gasteiger partial charge in [-0.25, -0.2) is 0 Å². The molecule has 64 valence electrons. The van der Waals surface area contributed by atoms with Gasteiger partial charge < -0.3 is 0 Å². The summed E-state index contributed by atoms with van der Waals surface area (Å²) in [6.07, 6.45) is 5.35. The summed E-state index contributed by atoms with van der Waals surface area (Å²) in [7, 11) is 0. The number of benzene rings is 1. The quantitative estimate of drug-likeness (QED) is 0.581. The third-order valence-corrected chi connectivity index (χ3v) is 2.29. The lowest BCUT2D eigenvalue weighted by Gasteiger charge is -2.05. The fourth-order valence-electron chi connectivity index (χ4n) is 1.28. The second-order valence-electron chi connectivity index (χ2n) is 3.13. The highest BCUT2D eigenvalue weighted by Crippen LogP contribution is 2.13. The van der Waals surface area contributed by atoms with Crippen LogP contribution in [-0.2, 0) is 6.42 Å². The van der Waals surface area contributed by atoms with Gasteiger partial charge in [0.05, 0.1) is 0 Å². The Morgan fingerprint density at radius 2 is 2.00 bits per heavy atom. The Bertz CT molecular complexity index is 282. The van der Waals surface area contributed by atoms with Crippen LogP contribution in [0.3, 0.4) is 0 Å². The molecule has 0 unspecified atom stereocenters. The number of rotatable bonds is 2. The monoisotopic (exact) mass is 160 g/mol. The van der Waals surface area contributed by atoms with E-state index >= 15 is 0 Å². The Labute approximate surface area is 74.9 Å². The van der Waals surface area contributed by atoms with Crippen LogP contribution in [0.4, 0.5) is 0 Å². The van der Waals surface area contributed by atoms with E-state index in [9.17, 15) is 0 Å². The van der Waals surface area contributed by atoms with Crippen molar-refractivity contribution >= 4 is 0 Å². The Morgan fingerprint density at radius 1 is 1.25 bits per heavy atom. The molecule has 0 amide bonds. The van der Waals surface area contributed by atoms with Crippen LogP contribution in [0.2, 0.25) is 0 Å². The first-order valence-electron chi connectivity index (χ1n) is 4.42. The molecule has 0 saturated heterocycles. The van der Waals surface area contributed by atoms with Crippen LogP contribution in [-0.4, -0.2) is 0 Å². The maximum absolute atomic E-state index is 2.20. The third-order valence-electron chi connectivity index (χ3n) is 2.29. The molecule has 12 heavy (non-hydrogen) atoms. The van der Waals surface area contributed by atoms with Gasteiger partial charge in [-0.05, 0) is 43.9 Å². The molecule has 0 atom stereocenters. The SMILES string of the molecule is C/C=C/Cc1cccc(C)c1C. The van der Waals surface area contributed by atoms with Crippen molar-refractivity contribution in [2.75, 3.05) is 0 Å². The second kappa shape index (κ2) is 4.10. The van der Waals surface area contributed by atoms with E-state index in [1.807, 2.05) is 0 Å². The molecule has 0 aromatic heterocycles. The predicted octanol–water partition coefficient (Wildman–Crippen LogP) is 3.42. The van der Waals surface area contributed by atoms with Gasteiger partial charge in [-0.3, -0.25) is 0 Å². The highest BCUT2D eigenvalue weighted by molar-refractivity contribution is 5.34. The van der Waals surface area contributed by atoms with Crippen molar-refractivity contribution in [2.45, 2.75) is 27.2 Å². The molecule has 0 heterocycles. The van der Waals surface area contributed by atoms with Gasteiger partial charge in [0, 0.05) is 0 Å². The van der Waals surface area contributed by atoms with E-state index in [-0.39, 0.29) is 0 Å². The van der Waals surface area contributed by atoms with Gasteiger partial charge in [0.1, 0.15) is 0 Å². The lowest BCUT2D eigenvalue weighted by molar-refractivity contribution is 1.18. The number of allylic oxidation sites excluding steroid dienone is 2. The average Bonchev–Trinajstić information content (AvgIpc) is 2.08. The summed E-state index contributed by atoms with van der Waals surface area (Å²) in [5.41, 5.74) is 4.25. The molecule has 0 heteroatoms. The highest BCUT2D eigenvalue weighted by Gasteiger charge is 1.96. The molecular weight excluding hydrogens is 144 g/mol.